The summed E-state index contributed by atoms with van der Waals surface area (Å²) in [7, 11) is 2.06. The van der Waals surface area contributed by atoms with Crippen molar-refractivity contribution in [2.45, 2.75) is 0 Å². The second-order valence-electron chi connectivity index (χ2n) is 2.86. The SMILES string of the molecule is CSCCN(C)c1ccc(N)nc1. The van der Waals surface area contributed by atoms with E-state index in [-0.39, 0.29) is 0 Å². The fraction of sp³-hybridized carbons (Fsp3) is 0.444. The molecule has 0 radical (unpaired) electrons. The Labute approximate surface area is 83.3 Å². The van der Waals surface area contributed by atoms with Gasteiger partial charge in [-0.1, -0.05) is 0 Å². The van der Waals surface area contributed by atoms with Crippen molar-refractivity contribution in [3.8, 4) is 0 Å². The van der Waals surface area contributed by atoms with Gasteiger partial charge in [-0.3, -0.25) is 0 Å². The van der Waals surface area contributed by atoms with Gasteiger partial charge in [-0.15, -0.1) is 0 Å². The average molecular weight is 197 g/mol. The lowest BCUT2D eigenvalue weighted by Gasteiger charge is -2.17. The van der Waals surface area contributed by atoms with Crippen LogP contribution in [0.5, 0.6) is 0 Å². The molecule has 0 aliphatic rings. The molecule has 0 bridgehead atoms. The van der Waals surface area contributed by atoms with Crippen LogP contribution in [0.2, 0.25) is 0 Å². The molecule has 13 heavy (non-hydrogen) atoms. The first kappa shape index (κ1) is 10.2. The Morgan fingerprint density at radius 2 is 2.31 bits per heavy atom. The molecule has 3 nitrogen and oxygen atoms in total. The van der Waals surface area contributed by atoms with E-state index in [2.05, 4.69) is 23.2 Å². The van der Waals surface area contributed by atoms with E-state index < -0.39 is 0 Å². The summed E-state index contributed by atoms with van der Waals surface area (Å²) in [6, 6.07) is 3.81. The standard InChI is InChI=1S/C9H15N3S/c1-12(5-6-13-2)8-3-4-9(10)11-7-8/h3-4,7H,5-6H2,1-2H3,(H2,10,11). The van der Waals surface area contributed by atoms with Gasteiger partial charge in [0, 0.05) is 19.3 Å². The van der Waals surface area contributed by atoms with Crippen molar-refractivity contribution in [3.05, 3.63) is 18.3 Å². The molecule has 4 heteroatoms. The first-order valence-electron chi connectivity index (χ1n) is 4.15. The van der Waals surface area contributed by atoms with Gasteiger partial charge < -0.3 is 10.6 Å². The van der Waals surface area contributed by atoms with E-state index in [0.717, 1.165) is 18.0 Å². The van der Waals surface area contributed by atoms with Crippen LogP contribution in [-0.2, 0) is 0 Å². The molecule has 0 fully saturated rings. The molecule has 0 saturated heterocycles. The molecule has 0 aliphatic carbocycles. The van der Waals surface area contributed by atoms with Crippen LogP contribution in [0.1, 0.15) is 0 Å². The second kappa shape index (κ2) is 4.97. The molecule has 0 saturated carbocycles. The fourth-order valence-electron chi connectivity index (χ4n) is 0.981. The Bertz CT molecular complexity index is 248. The number of nitrogens with zero attached hydrogens (tertiary/aromatic N) is 2. The minimum absolute atomic E-state index is 0.571. The van der Waals surface area contributed by atoms with Gasteiger partial charge in [-0.2, -0.15) is 11.8 Å². The van der Waals surface area contributed by atoms with Crippen molar-refractivity contribution < 1.29 is 0 Å². The predicted molar refractivity (Wildman–Crippen MR) is 60.3 cm³/mol. The fourth-order valence-corrected chi connectivity index (χ4v) is 1.44. The van der Waals surface area contributed by atoms with Crippen LogP contribution in [0.25, 0.3) is 0 Å². The normalized spacial score (nSPS) is 10.0. The lowest BCUT2D eigenvalue weighted by atomic mass is 10.4. The summed E-state index contributed by atoms with van der Waals surface area (Å²) in [6.07, 6.45) is 3.91. The van der Waals surface area contributed by atoms with Crippen LogP contribution >= 0.6 is 11.8 Å². The lowest BCUT2D eigenvalue weighted by molar-refractivity contribution is 0.972. The number of pyridine rings is 1. The summed E-state index contributed by atoms with van der Waals surface area (Å²) in [4.78, 5) is 6.21. The highest BCUT2D eigenvalue weighted by atomic mass is 32.2. The average Bonchev–Trinajstić information content (AvgIpc) is 2.15. The number of nitrogen functional groups attached to an aromatic ring is 1. The number of hydrogen-bond acceptors (Lipinski definition) is 4. The Kier molecular flexibility index (Phi) is 3.89. The van der Waals surface area contributed by atoms with E-state index in [9.17, 15) is 0 Å². The van der Waals surface area contributed by atoms with E-state index in [1.807, 2.05) is 23.9 Å². The third-order valence-electron chi connectivity index (χ3n) is 1.84. The maximum Gasteiger partial charge on any atom is 0.123 e. The van der Waals surface area contributed by atoms with Crippen LogP contribution in [0, 0.1) is 0 Å². The monoisotopic (exact) mass is 197 g/mol. The Morgan fingerprint density at radius 1 is 1.54 bits per heavy atom. The zero-order valence-electron chi connectivity index (χ0n) is 8.03. The molecule has 2 N–H and O–H groups in total. The number of aromatic nitrogens is 1. The predicted octanol–water partition coefficient (Wildman–Crippen LogP) is 1.46. The molecule has 1 aromatic rings. The van der Waals surface area contributed by atoms with Gasteiger partial charge in [0.05, 0.1) is 11.9 Å². The van der Waals surface area contributed by atoms with Crippen molar-refractivity contribution in [3.63, 3.8) is 0 Å². The molecule has 1 aromatic heterocycles. The zero-order chi connectivity index (χ0) is 9.68. The molecule has 0 aliphatic heterocycles. The molecule has 0 aromatic carbocycles. The zero-order valence-corrected chi connectivity index (χ0v) is 8.84. The summed E-state index contributed by atoms with van der Waals surface area (Å²) in [5.41, 5.74) is 6.61. The summed E-state index contributed by atoms with van der Waals surface area (Å²) in [5, 5.41) is 0. The Balaban J connectivity index is 2.55. The summed E-state index contributed by atoms with van der Waals surface area (Å²) in [6.45, 7) is 1.03. The summed E-state index contributed by atoms with van der Waals surface area (Å²) in [5.74, 6) is 1.70. The molecular formula is C9H15N3S. The number of anilines is 2. The maximum atomic E-state index is 5.49. The van der Waals surface area contributed by atoms with Gasteiger partial charge in [0.15, 0.2) is 0 Å². The Morgan fingerprint density at radius 3 is 2.85 bits per heavy atom. The quantitative estimate of drug-likeness (QED) is 0.793. The number of rotatable bonds is 4. The van der Waals surface area contributed by atoms with E-state index in [1.54, 1.807) is 6.20 Å². The van der Waals surface area contributed by atoms with Crippen molar-refractivity contribution in [2.75, 3.05) is 36.2 Å². The van der Waals surface area contributed by atoms with Crippen LogP contribution in [-0.4, -0.2) is 30.6 Å². The topological polar surface area (TPSA) is 42.1 Å². The van der Waals surface area contributed by atoms with Crippen molar-refractivity contribution in [1.29, 1.82) is 0 Å². The molecule has 0 unspecified atom stereocenters. The molecule has 0 spiro atoms. The summed E-state index contributed by atoms with van der Waals surface area (Å²) < 4.78 is 0. The van der Waals surface area contributed by atoms with Crippen molar-refractivity contribution in [2.24, 2.45) is 0 Å². The van der Waals surface area contributed by atoms with Crippen LogP contribution in [0.3, 0.4) is 0 Å². The molecule has 1 rings (SSSR count). The van der Waals surface area contributed by atoms with Gasteiger partial charge >= 0.3 is 0 Å². The van der Waals surface area contributed by atoms with Gasteiger partial charge in [-0.25, -0.2) is 4.98 Å². The van der Waals surface area contributed by atoms with Crippen LogP contribution in [0.15, 0.2) is 18.3 Å². The van der Waals surface area contributed by atoms with Crippen LogP contribution < -0.4 is 10.6 Å². The minimum atomic E-state index is 0.571. The molecule has 0 amide bonds. The lowest BCUT2D eigenvalue weighted by Crippen LogP contribution is -2.20. The van der Waals surface area contributed by atoms with Gasteiger partial charge in [0.1, 0.15) is 5.82 Å². The first-order valence-corrected chi connectivity index (χ1v) is 5.55. The number of thioether (sulfide) groups is 1. The number of nitrogens with two attached hydrogens (primary N) is 1. The highest BCUT2D eigenvalue weighted by Crippen LogP contribution is 2.12. The highest BCUT2D eigenvalue weighted by Gasteiger charge is 1.99. The van der Waals surface area contributed by atoms with E-state index in [1.165, 1.54) is 0 Å². The third-order valence-corrected chi connectivity index (χ3v) is 2.43. The molecular weight excluding hydrogens is 182 g/mol. The van der Waals surface area contributed by atoms with Crippen molar-refractivity contribution in [1.82, 2.24) is 4.98 Å². The van der Waals surface area contributed by atoms with E-state index in [0.29, 0.717) is 5.82 Å². The van der Waals surface area contributed by atoms with Gasteiger partial charge in [0.2, 0.25) is 0 Å². The van der Waals surface area contributed by atoms with E-state index in [4.69, 9.17) is 5.73 Å². The third kappa shape index (κ3) is 3.14. The minimum Gasteiger partial charge on any atom is -0.384 e. The Hall–Kier alpha value is -0.900. The van der Waals surface area contributed by atoms with E-state index >= 15 is 0 Å². The number of hydrogen-bond donors (Lipinski definition) is 1. The first-order chi connectivity index (χ1) is 6.24. The molecule has 72 valence electrons. The molecule has 0 atom stereocenters. The smallest absolute Gasteiger partial charge is 0.123 e. The van der Waals surface area contributed by atoms with Gasteiger partial charge in [-0.05, 0) is 18.4 Å². The van der Waals surface area contributed by atoms with Gasteiger partial charge in [0.25, 0.3) is 0 Å². The largest absolute Gasteiger partial charge is 0.384 e. The maximum absolute atomic E-state index is 5.49. The summed E-state index contributed by atoms with van der Waals surface area (Å²) >= 11 is 1.84. The molecule has 1 heterocycles. The second-order valence-corrected chi connectivity index (χ2v) is 3.84. The highest BCUT2D eigenvalue weighted by molar-refractivity contribution is 7.98. The van der Waals surface area contributed by atoms with Crippen LogP contribution in [0.4, 0.5) is 11.5 Å². The van der Waals surface area contributed by atoms with Crippen molar-refractivity contribution >= 4 is 23.3 Å².